The Morgan fingerprint density at radius 1 is 1.20 bits per heavy atom. The van der Waals surface area contributed by atoms with E-state index in [0.717, 1.165) is 60.0 Å². The summed E-state index contributed by atoms with van der Waals surface area (Å²) in [6.45, 7) is 5.16. The summed E-state index contributed by atoms with van der Waals surface area (Å²) < 4.78 is 13.0. The van der Waals surface area contributed by atoms with Crippen LogP contribution in [-0.4, -0.2) is 33.2 Å². The lowest BCUT2D eigenvalue weighted by Gasteiger charge is -2.12. The molecule has 1 aliphatic heterocycles. The van der Waals surface area contributed by atoms with Crippen molar-refractivity contribution in [3.05, 3.63) is 34.7 Å². The van der Waals surface area contributed by atoms with Crippen LogP contribution in [0.1, 0.15) is 69.7 Å². The number of benzene rings is 1. The van der Waals surface area contributed by atoms with E-state index in [9.17, 15) is 4.79 Å². The zero-order valence-corrected chi connectivity index (χ0v) is 19.1. The van der Waals surface area contributed by atoms with Crippen LogP contribution in [0.5, 0.6) is 11.5 Å². The second-order valence-corrected chi connectivity index (χ2v) is 9.30. The van der Waals surface area contributed by atoms with Crippen molar-refractivity contribution in [3.8, 4) is 11.5 Å². The van der Waals surface area contributed by atoms with E-state index >= 15 is 0 Å². The molecule has 6 nitrogen and oxygen atoms in total. The summed E-state index contributed by atoms with van der Waals surface area (Å²) in [6.07, 6.45) is 7.45. The number of unbranched alkanes of at least 4 members (excludes halogenated alkanes) is 4. The molecular weight excluding hydrogens is 424 g/mol. The molecule has 30 heavy (non-hydrogen) atoms. The summed E-state index contributed by atoms with van der Waals surface area (Å²) in [5, 5.41) is 10.4. The summed E-state index contributed by atoms with van der Waals surface area (Å²) in [5.41, 5.74) is 0.984. The molecule has 0 aliphatic carbocycles. The minimum absolute atomic E-state index is 0.234. The number of hydrogen-bond acceptors (Lipinski definition) is 5. The predicted octanol–water partition coefficient (Wildman–Crippen LogP) is 5.95. The number of nitrogens with zero attached hydrogens (tertiary/aromatic N) is 2. The Hall–Kier alpha value is -1.86. The number of carboxylic acid groups (broad SMARTS) is 1. The molecule has 8 heteroatoms. The molecule has 1 aromatic carbocycles. The number of hydrogen-bond donors (Lipinski definition) is 1. The molecule has 0 spiro atoms. The largest absolute Gasteiger partial charge is 0.481 e. The van der Waals surface area contributed by atoms with E-state index in [1.165, 1.54) is 0 Å². The summed E-state index contributed by atoms with van der Waals surface area (Å²) in [6, 6.07) is 3.77. The fourth-order valence-electron chi connectivity index (χ4n) is 3.41. The Kier molecular flexibility index (Phi) is 8.33. The molecule has 0 saturated heterocycles. The van der Waals surface area contributed by atoms with E-state index in [1.807, 2.05) is 12.1 Å². The third-order valence-corrected chi connectivity index (χ3v) is 6.31. The van der Waals surface area contributed by atoms with E-state index in [4.69, 9.17) is 31.2 Å². The predicted molar refractivity (Wildman–Crippen MR) is 119 cm³/mol. The van der Waals surface area contributed by atoms with Gasteiger partial charge >= 0.3 is 5.97 Å². The van der Waals surface area contributed by atoms with Gasteiger partial charge in [0.25, 0.3) is 0 Å². The van der Waals surface area contributed by atoms with Crippen LogP contribution in [0, 0.1) is 0 Å². The zero-order chi connectivity index (χ0) is 21.5. The Bertz CT molecular complexity index is 869. The molecule has 2 aromatic rings. The van der Waals surface area contributed by atoms with Crippen molar-refractivity contribution in [2.24, 2.45) is 0 Å². The summed E-state index contributed by atoms with van der Waals surface area (Å²) in [7, 11) is 0. The van der Waals surface area contributed by atoms with Crippen molar-refractivity contribution in [2.75, 3.05) is 12.5 Å². The zero-order valence-electron chi connectivity index (χ0n) is 17.5. The minimum Gasteiger partial charge on any atom is -0.481 e. The maximum absolute atomic E-state index is 10.5. The molecule has 0 fully saturated rings. The second kappa shape index (κ2) is 11.0. The van der Waals surface area contributed by atoms with Crippen molar-refractivity contribution < 1.29 is 19.4 Å². The summed E-state index contributed by atoms with van der Waals surface area (Å²) >= 11 is 8.23. The highest BCUT2D eigenvalue weighted by Gasteiger charge is 2.18. The maximum atomic E-state index is 10.5. The van der Waals surface area contributed by atoms with Crippen LogP contribution >= 0.6 is 23.4 Å². The lowest BCUT2D eigenvalue weighted by Crippen LogP contribution is -2.06. The molecule has 0 radical (unpaired) electrons. The highest BCUT2D eigenvalue weighted by Crippen LogP contribution is 2.37. The number of carbonyl (C=O) groups is 1. The fraction of sp³-hybridized carbons (Fsp3) is 0.545. The van der Waals surface area contributed by atoms with Gasteiger partial charge in [0.2, 0.25) is 6.79 Å². The van der Waals surface area contributed by atoms with Crippen LogP contribution in [0.25, 0.3) is 0 Å². The normalized spacial score (nSPS) is 12.7. The van der Waals surface area contributed by atoms with Crippen LogP contribution in [0.3, 0.4) is 0 Å². The van der Waals surface area contributed by atoms with E-state index in [-0.39, 0.29) is 13.2 Å². The van der Waals surface area contributed by atoms with Gasteiger partial charge in [0.1, 0.15) is 10.9 Å². The van der Waals surface area contributed by atoms with Crippen LogP contribution < -0.4 is 9.47 Å². The first-order valence-electron chi connectivity index (χ1n) is 10.4. The molecule has 1 aliphatic rings. The first-order chi connectivity index (χ1) is 14.4. The molecule has 0 atom stereocenters. The molecule has 0 unspecified atom stereocenters. The monoisotopic (exact) mass is 452 g/mol. The second-order valence-electron chi connectivity index (χ2n) is 7.78. The highest BCUT2D eigenvalue weighted by atomic mass is 35.5. The lowest BCUT2D eigenvalue weighted by atomic mass is 10.1. The lowest BCUT2D eigenvalue weighted by molar-refractivity contribution is -0.137. The SMILES string of the molecule is CC(C)c1nc(SCCCCCCCC(=O)O)cn1Cc1cc2c(cc1Cl)OCO2. The Labute approximate surface area is 186 Å². The van der Waals surface area contributed by atoms with Gasteiger partial charge in [-0.3, -0.25) is 4.79 Å². The average Bonchev–Trinajstić information content (AvgIpc) is 3.30. The number of thioether (sulfide) groups is 1. The summed E-state index contributed by atoms with van der Waals surface area (Å²) in [5.74, 6) is 3.08. The Morgan fingerprint density at radius 2 is 1.90 bits per heavy atom. The Morgan fingerprint density at radius 3 is 2.63 bits per heavy atom. The van der Waals surface area contributed by atoms with Crippen LogP contribution in [0.2, 0.25) is 5.02 Å². The number of imidazole rings is 1. The van der Waals surface area contributed by atoms with Gasteiger partial charge in [0.05, 0.1) is 6.54 Å². The first-order valence-corrected chi connectivity index (χ1v) is 11.8. The van der Waals surface area contributed by atoms with Gasteiger partial charge < -0.3 is 19.1 Å². The third kappa shape index (κ3) is 6.32. The molecule has 3 rings (SSSR count). The molecule has 164 valence electrons. The molecule has 1 aromatic heterocycles. The quantitative estimate of drug-likeness (QED) is 0.316. The molecular formula is C22H29ClN2O4S. The van der Waals surface area contributed by atoms with E-state index in [2.05, 4.69) is 24.6 Å². The number of aromatic nitrogens is 2. The highest BCUT2D eigenvalue weighted by molar-refractivity contribution is 7.99. The van der Waals surface area contributed by atoms with Gasteiger partial charge in [-0.2, -0.15) is 0 Å². The van der Waals surface area contributed by atoms with Crippen LogP contribution in [0.15, 0.2) is 23.4 Å². The number of aliphatic carboxylic acids is 1. The first kappa shape index (κ1) is 22.8. The van der Waals surface area contributed by atoms with Crippen molar-refractivity contribution in [2.45, 2.75) is 69.9 Å². The number of ether oxygens (including phenoxy) is 2. The number of halogens is 1. The standard InChI is InChI=1S/C22H29ClN2O4S/c1-15(2)22-24-20(30-9-7-5-3-4-6-8-21(26)27)13-25(22)12-16-10-18-19(11-17(16)23)29-14-28-18/h10-11,13,15H,3-9,12,14H2,1-2H3,(H,26,27). The maximum Gasteiger partial charge on any atom is 0.303 e. The number of rotatable bonds is 12. The van der Waals surface area contributed by atoms with Crippen LogP contribution in [-0.2, 0) is 11.3 Å². The van der Waals surface area contributed by atoms with Crippen LogP contribution in [0.4, 0.5) is 0 Å². The van der Waals surface area contributed by atoms with E-state index in [0.29, 0.717) is 23.2 Å². The van der Waals surface area contributed by atoms with Gasteiger partial charge in [-0.25, -0.2) is 4.98 Å². The van der Waals surface area contributed by atoms with Crippen molar-refractivity contribution in [1.82, 2.24) is 9.55 Å². The van der Waals surface area contributed by atoms with E-state index < -0.39 is 5.97 Å². The average molecular weight is 453 g/mol. The van der Waals surface area contributed by atoms with Crippen molar-refractivity contribution in [1.29, 1.82) is 0 Å². The number of carboxylic acids is 1. The minimum atomic E-state index is -0.705. The molecule has 1 N–H and O–H groups in total. The molecule has 0 amide bonds. The van der Waals surface area contributed by atoms with Crippen molar-refractivity contribution >= 4 is 29.3 Å². The molecule has 0 bridgehead atoms. The molecule has 2 heterocycles. The third-order valence-electron chi connectivity index (χ3n) is 4.97. The number of fused-ring (bicyclic) bond motifs is 1. The van der Waals surface area contributed by atoms with Gasteiger partial charge in [0, 0.05) is 29.6 Å². The molecule has 0 saturated carbocycles. The Balaban J connectivity index is 1.53. The summed E-state index contributed by atoms with van der Waals surface area (Å²) in [4.78, 5) is 15.4. The topological polar surface area (TPSA) is 73.6 Å². The van der Waals surface area contributed by atoms with E-state index in [1.54, 1.807) is 11.8 Å². The van der Waals surface area contributed by atoms with Gasteiger partial charge in [-0.1, -0.05) is 44.7 Å². The van der Waals surface area contributed by atoms with Gasteiger partial charge in [-0.15, -0.1) is 11.8 Å². The van der Waals surface area contributed by atoms with Gasteiger partial charge in [-0.05, 0) is 30.2 Å². The van der Waals surface area contributed by atoms with Crippen molar-refractivity contribution in [3.63, 3.8) is 0 Å². The van der Waals surface area contributed by atoms with Gasteiger partial charge in [0.15, 0.2) is 11.5 Å². The smallest absolute Gasteiger partial charge is 0.303 e. The fourth-order valence-corrected chi connectivity index (χ4v) is 4.54.